The lowest BCUT2D eigenvalue weighted by molar-refractivity contribution is -0.145. The molecule has 1 aliphatic heterocycles. The number of allylic oxidation sites excluding steroid dienone is 1. The van der Waals surface area contributed by atoms with Crippen molar-refractivity contribution in [3.63, 3.8) is 0 Å². The number of rotatable bonds is 4. The molecule has 172 valence electrons. The van der Waals surface area contributed by atoms with Crippen molar-refractivity contribution < 1.29 is 23.0 Å². The van der Waals surface area contributed by atoms with Gasteiger partial charge in [-0.25, -0.2) is 4.68 Å². The van der Waals surface area contributed by atoms with E-state index in [2.05, 4.69) is 15.4 Å². The Morgan fingerprint density at radius 1 is 0.941 bits per heavy atom. The van der Waals surface area contributed by atoms with Gasteiger partial charge in [-0.1, -0.05) is 60.7 Å². The molecule has 0 radical (unpaired) electrons. The van der Waals surface area contributed by atoms with Gasteiger partial charge < -0.3 is 15.2 Å². The number of nitrogens with one attached hydrogen (secondary N) is 1. The van der Waals surface area contributed by atoms with Crippen LogP contribution >= 0.6 is 0 Å². The van der Waals surface area contributed by atoms with Crippen molar-refractivity contribution in [2.45, 2.75) is 12.2 Å². The minimum absolute atomic E-state index is 0.0333. The van der Waals surface area contributed by atoms with Crippen LogP contribution in [0.2, 0.25) is 0 Å². The van der Waals surface area contributed by atoms with Crippen LogP contribution in [-0.2, 0) is 6.18 Å². The molecule has 0 aliphatic carbocycles. The molecule has 0 unspecified atom stereocenters. The Balaban J connectivity index is 1.58. The Kier molecular flexibility index (Phi) is 5.24. The first kappa shape index (κ1) is 21.6. The number of halogens is 3. The second kappa shape index (κ2) is 8.26. The Hall–Kier alpha value is -4.27. The number of anilines is 1. The minimum atomic E-state index is -4.69. The van der Waals surface area contributed by atoms with E-state index in [1.165, 1.54) is 17.9 Å². The Morgan fingerprint density at radius 2 is 1.62 bits per heavy atom. The fraction of sp³-hybridized carbons (Fsp3) is 0.120. The molecular formula is C25H19F3N4O2. The van der Waals surface area contributed by atoms with Crippen LogP contribution in [0.1, 0.15) is 23.0 Å². The monoisotopic (exact) mass is 464 g/mol. The van der Waals surface area contributed by atoms with Gasteiger partial charge in [0.1, 0.15) is 6.04 Å². The highest BCUT2D eigenvalue weighted by atomic mass is 19.4. The first-order chi connectivity index (χ1) is 16.3. The van der Waals surface area contributed by atoms with E-state index < -0.39 is 18.0 Å². The summed E-state index contributed by atoms with van der Waals surface area (Å²) in [4.78, 5) is 3.69. The summed E-state index contributed by atoms with van der Waals surface area (Å²) in [7, 11) is 1.40. The van der Waals surface area contributed by atoms with Gasteiger partial charge in [-0.2, -0.15) is 18.2 Å². The molecule has 1 aliphatic rings. The molecule has 0 amide bonds. The third-order valence-electron chi connectivity index (χ3n) is 5.57. The van der Waals surface area contributed by atoms with E-state index >= 15 is 0 Å². The molecule has 4 aromatic rings. The second-order valence-corrected chi connectivity index (χ2v) is 7.73. The smallest absolute Gasteiger partial charge is 0.453 e. The van der Waals surface area contributed by atoms with Crippen LogP contribution in [-0.4, -0.2) is 27.0 Å². The van der Waals surface area contributed by atoms with Gasteiger partial charge in [-0.05, 0) is 40.5 Å². The number of hydrogen-bond acceptors (Lipinski definition) is 5. The molecule has 0 saturated heterocycles. The van der Waals surface area contributed by atoms with Crippen LogP contribution in [0.4, 0.5) is 19.1 Å². The minimum Gasteiger partial charge on any atom is -0.504 e. The van der Waals surface area contributed by atoms with Crippen molar-refractivity contribution in [3.8, 4) is 22.6 Å². The zero-order chi connectivity index (χ0) is 23.9. The standard InChI is InChI=1S/C25H19F3N4O2/c1-34-22-13-18(11-12-21(22)33)20-14-19(29-24-30-23(25(26,27)28)31-32(20)24)17-9-7-16(8-10-17)15-5-3-2-4-6-15/h2-14,20,33H,1H3,(H,29,30,31)/t20-/m0/s1. The summed E-state index contributed by atoms with van der Waals surface area (Å²) in [5.41, 5.74) is 4.02. The highest BCUT2D eigenvalue weighted by Crippen LogP contribution is 2.38. The van der Waals surface area contributed by atoms with Gasteiger partial charge in [0, 0.05) is 5.70 Å². The summed E-state index contributed by atoms with van der Waals surface area (Å²) in [6, 6.07) is 21.4. The van der Waals surface area contributed by atoms with Gasteiger partial charge in [-0.3, -0.25) is 0 Å². The van der Waals surface area contributed by atoms with Gasteiger partial charge in [0.05, 0.1) is 7.11 Å². The third-order valence-corrected chi connectivity index (χ3v) is 5.57. The molecule has 0 saturated carbocycles. The predicted molar refractivity (Wildman–Crippen MR) is 121 cm³/mol. The summed E-state index contributed by atoms with van der Waals surface area (Å²) in [6.07, 6.45) is -2.92. The molecule has 3 aromatic carbocycles. The van der Waals surface area contributed by atoms with E-state index in [0.717, 1.165) is 16.7 Å². The first-order valence-corrected chi connectivity index (χ1v) is 10.4. The lowest BCUT2D eigenvalue weighted by Crippen LogP contribution is -2.20. The molecule has 34 heavy (non-hydrogen) atoms. The number of nitrogens with zero attached hydrogens (tertiary/aromatic N) is 3. The number of aromatic hydroxyl groups is 1. The number of phenolic OH excluding ortho intramolecular Hbond substituents is 1. The summed E-state index contributed by atoms with van der Waals surface area (Å²) < 4.78 is 46.5. The maximum absolute atomic E-state index is 13.4. The Labute approximate surface area is 193 Å². The van der Waals surface area contributed by atoms with Crippen molar-refractivity contribution >= 4 is 11.6 Å². The Morgan fingerprint density at radius 3 is 2.29 bits per heavy atom. The largest absolute Gasteiger partial charge is 0.504 e. The molecular weight excluding hydrogens is 445 g/mol. The maximum atomic E-state index is 13.4. The maximum Gasteiger partial charge on any atom is 0.453 e. The third kappa shape index (κ3) is 3.96. The van der Waals surface area contributed by atoms with Crippen LogP contribution < -0.4 is 10.1 Å². The molecule has 1 atom stereocenters. The fourth-order valence-electron chi connectivity index (χ4n) is 3.87. The van der Waals surface area contributed by atoms with Crippen molar-refractivity contribution in [2.75, 3.05) is 12.4 Å². The van der Waals surface area contributed by atoms with Crippen molar-refractivity contribution in [1.82, 2.24) is 14.8 Å². The number of hydrogen-bond donors (Lipinski definition) is 2. The van der Waals surface area contributed by atoms with E-state index in [1.54, 1.807) is 18.2 Å². The van der Waals surface area contributed by atoms with Crippen LogP contribution in [0.3, 0.4) is 0 Å². The summed E-state index contributed by atoms with van der Waals surface area (Å²) in [5.74, 6) is -1.14. The summed E-state index contributed by atoms with van der Waals surface area (Å²) >= 11 is 0. The van der Waals surface area contributed by atoms with Gasteiger partial charge in [0.25, 0.3) is 5.82 Å². The number of fused-ring (bicyclic) bond motifs is 1. The number of phenols is 1. The van der Waals surface area contributed by atoms with Gasteiger partial charge >= 0.3 is 6.18 Å². The van der Waals surface area contributed by atoms with E-state index in [-0.39, 0.29) is 17.4 Å². The molecule has 0 fully saturated rings. The quantitative estimate of drug-likeness (QED) is 0.403. The summed E-state index contributed by atoms with van der Waals surface area (Å²) in [5, 5.41) is 16.6. The SMILES string of the molecule is COc1cc([C@@H]2C=C(c3ccc(-c4ccccc4)cc3)Nc3nc(C(F)(F)F)nn32)ccc1O. The number of methoxy groups -OCH3 is 1. The second-order valence-electron chi connectivity index (χ2n) is 7.73. The lowest BCUT2D eigenvalue weighted by atomic mass is 9.99. The van der Waals surface area contributed by atoms with Gasteiger partial charge in [0.2, 0.25) is 5.95 Å². The number of ether oxygens (including phenoxy) is 1. The van der Waals surface area contributed by atoms with Crippen LogP contribution in [0.25, 0.3) is 16.8 Å². The molecule has 1 aromatic heterocycles. The molecule has 9 heteroatoms. The van der Waals surface area contributed by atoms with Crippen LogP contribution in [0.5, 0.6) is 11.5 Å². The Bertz CT molecular complexity index is 1360. The molecule has 2 heterocycles. The number of benzene rings is 3. The molecule has 0 spiro atoms. The first-order valence-electron chi connectivity index (χ1n) is 10.4. The lowest BCUT2D eigenvalue weighted by Gasteiger charge is -2.25. The van der Waals surface area contributed by atoms with Gasteiger partial charge in [-0.15, -0.1) is 5.10 Å². The molecule has 2 N–H and O–H groups in total. The summed E-state index contributed by atoms with van der Waals surface area (Å²) in [6.45, 7) is 0. The van der Waals surface area contributed by atoms with E-state index in [0.29, 0.717) is 11.3 Å². The highest BCUT2D eigenvalue weighted by molar-refractivity contribution is 5.78. The average molecular weight is 464 g/mol. The zero-order valence-corrected chi connectivity index (χ0v) is 17.9. The fourth-order valence-corrected chi connectivity index (χ4v) is 3.87. The zero-order valence-electron chi connectivity index (χ0n) is 17.9. The van der Waals surface area contributed by atoms with Crippen molar-refractivity contribution in [2.24, 2.45) is 0 Å². The van der Waals surface area contributed by atoms with Crippen LogP contribution in [0.15, 0.2) is 78.9 Å². The van der Waals surface area contributed by atoms with E-state index in [9.17, 15) is 18.3 Å². The normalized spacial score (nSPS) is 15.3. The topological polar surface area (TPSA) is 72.2 Å². The van der Waals surface area contributed by atoms with Crippen LogP contribution in [0, 0.1) is 0 Å². The predicted octanol–water partition coefficient (Wildman–Crippen LogP) is 5.73. The average Bonchev–Trinajstić information content (AvgIpc) is 3.30. The van der Waals surface area contributed by atoms with E-state index in [4.69, 9.17) is 4.74 Å². The van der Waals surface area contributed by atoms with Gasteiger partial charge in [0.15, 0.2) is 11.5 Å². The highest BCUT2D eigenvalue weighted by Gasteiger charge is 2.39. The molecule has 5 rings (SSSR count). The number of aromatic nitrogens is 3. The molecule has 6 nitrogen and oxygen atoms in total. The van der Waals surface area contributed by atoms with E-state index in [1.807, 2.05) is 54.6 Å². The van der Waals surface area contributed by atoms with Crippen molar-refractivity contribution in [1.29, 1.82) is 0 Å². The van der Waals surface area contributed by atoms with Crippen molar-refractivity contribution in [3.05, 3.63) is 95.8 Å². The number of alkyl halides is 3. The molecule has 0 bridgehead atoms.